The summed E-state index contributed by atoms with van der Waals surface area (Å²) >= 11 is 0. The maximum Gasteiger partial charge on any atom is 0.416 e. The number of ether oxygens (including phenoxy) is 1. The van der Waals surface area contributed by atoms with Crippen LogP contribution in [0.2, 0.25) is 0 Å². The van der Waals surface area contributed by atoms with E-state index in [9.17, 15) is 18.3 Å². The van der Waals surface area contributed by atoms with Gasteiger partial charge >= 0.3 is 6.18 Å². The molecule has 5 heteroatoms. The highest BCUT2D eigenvalue weighted by molar-refractivity contribution is 5.26. The van der Waals surface area contributed by atoms with Crippen LogP contribution in [-0.2, 0) is 17.3 Å². The molecular formula is C14H17F3O2. The maximum absolute atomic E-state index is 12.6. The van der Waals surface area contributed by atoms with Crippen LogP contribution in [0.4, 0.5) is 13.2 Å². The Labute approximate surface area is 110 Å². The fourth-order valence-electron chi connectivity index (χ4n) is 2.38. The molecule has 1 heterocycles. The minimum Gasteiger partial charge on any atom is -0.392 e. The zero-order valence-electron chi connectivity index (χ0n) is 10.5. The lowest BCUT2D eigenvalue weighted by molar-refractivity contribution is -0.137. The van der Waals surface area contributed by atoms with Crippen LogP contribution < -0.4 is 0 Å². The van der Waals surface area contributed by atoms with E-state index in [1.54, 1.807) is 6.07 Å². The lowest BCUT2D eigenvalue weighted by Gasteiger charge is -2.26. The van der Waals surface area contributed by atoms with Gasteiger partial charge < -0.3 is 9.84 Å². The van der Waals surface area contributed by atoms with Crippen LogP contribution in [0.15, 0.2) is 24.3 Å². The zero-order chi connectivity index (χ0) is 13.9. The highest BCUT2D eigenvalue weighted by atomic mass is 19.4. The molecular weight excluding hydrogens is 257 g/mol. The van der Waals surface area contributed by atoms with Crippen molar-refractivity contribution >= 4 is 0 Å². The second-order valence-corrected chi connectivity index (χ2v) is 4.92. The minimum absolute atomic E-state index is 0.114. The van der Waals surface area contributed by atoms with Crippen LogP contribution in [0.5, 0.6) is 0 Å². The number of hydrogen-bond acceptors (Lipinski definition) is 2. The lowest BCUT2D eigenvalue weighted by atomic mass is 9.89. The maximum atomic E-state index is 12.6. The Bertz CT molecular complexity index is 411. The summed E-state index contributed by atoms with van der Waals surface area (Å²) in [5.41, 5.74) is -0.141. The molecule has 0 bridgehead atoms. The highest BCUT2D eigenvalue weighted by Crippen LogP contribution is 2.30. The third-order valence-electron chi connectivity index (χ3n) is 3.51. The number of halogens is 3. The first-order valence-electron chi connectivity index (χ1n) is 6.39. The first-order valence-corrected chi connectivity index (χ1v) is 6.39. The van der Waals surface area contributed by atoms with Crippen molar-refractivity contribution in [2.75, 3.05) is 13.2 Å². The van der Waals surface area contributed by atoms with Crippen molar-refractivity contribution in [3.05, 3.63) is 35.4 Å². The number of hydrogen-bond donors (Lipinski definition) is 1. The summed E-state index contributed by atoms with van der Waals surface area (Å²) in [5.74, 6) is 0.114. The molecule has 0 aromatic heterocycles. The quantitative estimate of drug-likeness (QED) is 0.918. The van der Waals surface area contributed by atoms with Crippen molar-refractivity contribution in [2.45, 2.75) is 31.5 Å². The Morgan fingerprint density at radius 1 is 1.26 bits per heavy atom. The van der Waals surface area contributed by atoms with E-state index in [0.29, 0.717) is 18.8 Å². The summed E-state index contributed by atoms with van der Waals surface area (Å²) in [6.45, 7) is 1.23. The summed E-state index contributed by atoms with van der Waals surface area (Å²) < 4.78 is 42.9. The molecule has 1 atom stereocenters. The highest BCUT2D eigenvalue weighted by Gasteiger charge is 2.30. The van der Waals surface area contributed by atoms with Crippen molar-refractivity contribution in [3.8, 4) is 0 Å². The van der Waals surface area contributed by atoms with Gasteiger partial charge in [0.2, 0.25) is 0 Å². The third-order valence-corrected chi connectivity index (χ3v) is 3.51. The summed E-state index contributed by atoms with van der Waals surface area (Å²) in [4.78, 5) is 0. The van der Waals surface area contributed by atoms with Crippen molar-refractivity contribution < 1.29 is 23.0 Å². The number of aliphatic hydroxyl groups excluding tert-OH is 1. The fraction of sp³-hybridized carbons (Fsp3) is 0.571. The third kappa shape index (κ3) is 3.94. The van der Waals surface area contributed by atoms with Gasteiger partial charge in [0.25, 0.3) is 0 Å². The largest absolute Gasteiger partial charge is 0.416 e. The molecule has 19 heavy (non-hydrogen) atoms. The fourth-order valence-corrected chi connectivity index (χ4v) is 2.38. The number of aliphatic hydroxyl groups is 1. The van der Waals surface area contributed by atoms with Gasteiger partial charge in [-0.2, -0.15) is 13.2 Å². The Morgan fingerprint density at radius 2 is 1.95 bits per heavy atom. The molecule has 2 nitrogen and oxygen atoms in total. The molecule has 0 saturated carbocycles. The van der Waals surface area contributed by atoms with Gasteiger partial charge in [-0.1, -0.05) is 18.2 Å². The normalized spacial score (nSPS) is 19.4. The molecule has 1 aromatic rings. The molecule has 0 radical (unpaired) electrons. The summed E-state index contributed by atoms with van der Waals surface area (Å²) in [5, 5.41) is 10.1. The predicted molar refractivity (Wildman–Crippen MR) is 64.7 cm³/mol. The summed E-state index contributed by atoms with van der Waals surface area (Å²) in [6, 6.07) is 5.17. The number of alkyl halides is 3. The van der Waals surface area contributed by atoms with Gasteiger partial charge in [0.05, 0.1) is 11.7 Å². The van der Waals surface area contributed by atoms with E-state index in [4.69, 9.17) is 4.74 Å². The van der Waals surface area contributed by atoms with Crippen molar-refractivity contribution in [1.29, 1.82) is 0 Å². The Balaban J connectivity index is 2.02. The predicted octanol–water partition coefficient (Wildman–Crippen LogP) is 3.04. The average molecular weight is 274 g/mol. The Kier molecular flexibility index (Phi) is 4.47. The van der Waals surface area contributed by atoms with Gasteiger partial charge in [-0.3, -0.25) is 0 Å². The smallest absolute Gasteiger partial charge is 0.392 e. The lowest BCUT2D eigenvalue weighted by Crippen LogP contribution is -2.29. The van der Waals surface area contributed by atoms with Crippen LogP contribution in [0, 0.1) is 5.92 Å². The van der Waals surface area contributed by atoms with Gasteiger partial charge in [-0.25, -0.2) is 0 Å². The van der Waals surface area contributed by atoms with E-state index in [1.165, 1.54) is 6.07 Å². The van der Waals surface area contributed by atoms with E-state index < -0.39 is 17.8 Å². The molecule has 1 fully saturated rings. The zero-order valence-corrected chi connectivity index (χ0v) is 10.5. The van der Waals surface area contributed by atoms with E-state index in [0.717, 1.165) is 25.0 Å². The van der Waals surface area contributed by atoms with E-state index in [2.05, 4.69) is 0 Å². The van der Waals surface area contributed by atoms with Gasteiger partial charge in [-0.15, -0.1) is 0 Å². The van der Waals surface area contributed by atoms with Crippen molar-refractivity contribution in [2.24, 2.45) is 5.92 Å². The Morgan fingerprint density at radius 3 is 2.58 bits per heavy atom. The van der Waals surface area contributed by atoms with Crippen LogP contribution in [0.1, 0.15) is 24.0 Å². The second kappa shape index (κ2) is 5.92. The number of rotatable bonds is 3. The summed E-state index contributed by atoms with van der Waals surface area (Å²) in [6.07, 6.45) is -3.15. The average Bonchev–Trinajstić information content (AvgIpc) is 2.39. The molecule has 1 aliphatic rings. The van der Waals surface area contributed by atoms with Crippen LogP contribution >= 0.6 is 0 Å². The minimum atomic E-state index is -4.33. The Hall–Kier alpha value is -1.07. The standard InChI is InChI=1S/C14H17F3O2/c15-14(16,17)12-3-1-2-10(8-12)9-13(18)11-4-6-19-7-5-11/h1-3,8,11,13,18H,4-7,9H2. The molecule has 1 aromatic carbocycles. The van der Waals surface area contributed by atoms with Crippen molar-refractivity contribution in [3.63, 3.8) is 0 Å². The molecule has 1 aliphatic heterocycles. The molecule has 0 aliphatic carbocycles. The van der Waals surface area contributed by atoms with Gasteiger partial charge in [0.1, 0.15) is 0 Å². The summed E-state index contributed by atoms with van der Waals surface area (Å²) in [7, 11) is 0. The van der Waals surface area contributed by atoms with Crippen LogP contribution in [-0.4, -0.2) is 24.4 Å². The van der Waals surface area contributed by atoms with Crippen LogP contribution in [0.3, 0.4) is 0 Å². The molecule has 106 valence electrons. The SMILES string of the molecule is OC(Cc1cccc(C(F)(F)F)c1)C1CCOCC1. The van der Waals surface area contributed by atoms with Crippen molar-refractivity contribution in [1.82, 2.24) is 0 Å². The number of benzene rings is 1. The topological polar surface area (TPSA) is 29.5 Å². The molecule has 1 saturated heterocycles. The molecule has 0 spiro atoms. The van der Waals surface area contributed by atoms with Gasteiger partial charge in [0.15, 0.2) is 0 Å². The van der Waals surface area contributed by atoms with Crippen LogP contribution in [0.25, 0.3) is 0 Å². The molecule has 1 unspecified atom stereocenters. The monoisotopic (exact) mass is 274 g/mol. The first kappa shape index (κ1) is 14.3. The van der Waals surface area contributed by atoms with Gasteiger partial charge in [-0.05, 0) is 36.8 Å². The van der Waals surface area contributed by atoms with E-state index in [1.807, 2.05) is 0 Å². The van der Waals surface area contributed by atoms with E-state index in [-0.39, 0.29) is 12.3 Å². The molecule has 1 N–H and O–H groups in total. The first-order chi connectivity index (χ1) is 8.97. The molecule has 0 amide bonds. The second-order valence-electron chi connectivity index (χ2n) is 4.92. The molecule has 2 rings (SSSR count). The van der Waals surface area contributed by atoms with Gasteiger partial charge in [0, 0.05) is 13.2 Å². The van der Waals surface area contributed by atoms with E-state index >= 15 is 0 Å².